The summed E-state index contributed by atoms with van der Waals surface area (Å²) < 4.78 is 28.4. The summed E-state index contributed by atoms with van der Waals surface area (Å²) in [7, 11) is 1.42. The molecule has 18 heavy (non-hydrogen) atoms. The van der Waals surface area contributed by atoms with Crippen molar-refractivity contribution < 1.29 is 13.2 Å². The highest BCUT2D eigenvalue weighted by atomic mass is 79.9. The van der Waals surface area contributed by atoms with Crippen molar-refractivity contribution in [2.24, 2.45) is 0 Å². The minimum absolute atomic E-state index is 0.0641. The Labute approximate surface area is 117 Å². The third-order valence-electron chi connectivity index (χ3n) is 2.01. The van der Waals surface area contributed by atoms with Crippen LogP contribution in [0.3, 0.4) is 0 Å². The first-order valence-corrected chi connectivity index (χ1v) is 7.89. The fourth-order valence-corrected chi connectivity index (χ4v) is 2.28. The Morgan fingerprint density at radius 2 is 2.00 bits per heavy atom. The molecule has 0 aliphatic carbocycles. The van der Waals surface area contributed by atoms with Gasteiger partial charge in [-0.15, -0.1) is 0 Å². The number of benzene rings is 1. The van der Waals surface area contributed by atoms with Gasteiger partial charge in [0.1, 0.15) is 10.6 Å². The van der Waals surface area contributed by atoms with E-state index in [2.05, 4.69) is 20.9 Å². The summed E-state index contributed by atoms with van der Waals surface area (Å²) in [6.07, 6.45) is 1.15. The first-order valence-electron chi connectivity index (χ1n) is 4.79. The average Bonchev–Trinajstić information content (AvgIpc) is 2.28. The van der Waals surface area contributed by atoms with Crippen molar-refractivity contribution in [1.82, 2.24) is 4.98 Å². The van der Waals surface area contributed by atoms with Crippen LogP contribution in [0.1, 0.15) is 0 Å². The van der Waals surface area contributed by atoms with Crippen LogP contribution in [0.5, 0.6) is 11.6 Å². The largest absolute Gasteiger partial charge is 0.439 e. The zero-order valence-corrected chi connectivity index (χ0v) is 12.0. The van der Waals surface area contributed by atoms with Crippen LogP contribution in [0.2, 0.25) is 0 Å². The Morgan fingerprint density at radius 1 is 1.22 bits per heavy atom. The third kappa shape index (κ3) is 3.44. The van der Waals surface area contributed by atoms with Crippen molar-refractivity contribution in [3.05, 3.63) is 47.1 Å². The summed E-state index contributed by atoms with van der Waals surface area (Å²) in [5.41, 5.74) is 0. The van der Waals surface area contributed by atoms with Gasteiger partial charge in [-0.05, 0) is 24.3 Å². The van der Waals surface area contributed by atoms with Gasteiger partial charge in [0.15, 0.2) is 0 Å². The highest BCUT2D eigenvalue weighted by Crippen LogP contribution is 2.24. The normalized spacial score (nSPS) is 11.2. The lowest BCUT2D eigenvalue weighted by atomic mass is 10.3. The van der Waals surface area contributed by atoms with Gasteiger partial charge in [0, 0.05) is 21.2 Å². The van der Waals surface area contributed by atoms with Crippen LogP contribution in [-0.2, 0) is 9.05 Å². The van der Waals surface area contributed by atoms with Crippen LogP contribution in [0.25, 0.3) is 0 Å². The first kappa shape index (κ1) is 13.3. The number of aromatic nitrogens is 1. The van der Waals surface area contributed by atoms with E-state index in [1.807, 2.05) is 12.1 Å². The number of rotatable bonds is 3. The number of pyridine rings is 1. The number of hydrogen-bond acceptors (Lipinski definition) is 4. The Bertz CT molecular complexity index is 658. The Balaban J connectivity index is 2.21. The average molecular weight is 349 g/mol. The Hall–Kier alpha value is -1.11. The highest BCUT2D eigenvalue weighted by Gasteiger charge is 2.10. The van der Waals surface area contributed by atoms with Gasteiger partial charge in [0.2, 0.25) is 5.88 Å². The SMILES string of the molecule is O=S(=O)(Cl)c1ccc(Oc2cccc(Br)c2)nc1. The number of nitrogens with zero attached hydrogens (tertiary/aromatic N) is 1. The second kappa shape index (κ2) is 5.26. The van der Waals surface area contributed by atoms with Crippen molar-refractivity contribution in [3.8, 4) is 11.6 Å². The maximum absolute atomic E-state index is 11.0. The number of ether oxygens (including phenoxy) is 1. The van der Waals surface area contributed by atoms with Crippen molar-refractivity contribution in [1.29, 1.82) is 0 Å². The van der Waals surface area contributed by atoms with Gasteiger partial charge < -0.3 is 4.74 Å². The van der Waals surface area contributed by atoms with Crippen LogP contribution in [0, 0.1) is 0 Å². The molecule has 0 spiro atoms. The molecular weight excluding hydrogens is 342 g/mol. The molecule has 0 saturated carbocycles. The fraction of sp³-hybridized carbons (Fsp3) is 0. The molecule has 0 amide bonds. The van der Waals surface area contributed by atoms with Gasteiger partial charge in [0.25, 0.3) is 9.05 Å². The van der Waals surface area contributed by atoms with Gasteiger partial charge in [-0.2, -0.15) is 0 Å². The highest BCUT2D eigenvalue weighted by molar-refractivity contribution is 9.10. The lowest BCUT2D eigenvalue weighted by Gasteiger charge is -2.05. The Morgan fingerprint density at radius 3 is 2.56 bits per heavy atom. The van der Waals surface area contributed by atoms with Crippen molar-refractivity contribution in [3.63, 3.8) is 0 Å². The molecule has 0 aliphatic heterocycles. The monoisotopic (exact) mass is 347 g/mol. The molecule has 0 N–H and O–H groups in total. The third-order valence-corrected chi connectivity index (χ3v) is 3.84. The molecule has 4 nitrogen and oxygen atoms in total. The van der Waals surface area contributed by atoms with E-state index in [9.17, 15) is 8.42 Å². The molecule has 0 saturated heterocycles. The molecule has 0 aliphatic rings. The molecule has 2 rings (SSSR count). The number of hydrogen-bond donors (Lipinski definition) is 0. The molecule has 94 valence electrons. The molecule has 7 heteroatoms. The van der Waals surface area contributed by atoms with Crippen LogP contribution in [0.4, 0.5) is 0 Å². The van der Waals surface area contributed by atoms with Gasteiger partial charge in [0.05, 0.1) is 6.20 Å². The molecule has 1 heterocycles. The lowest BCUT2D eigenvalue weighted by molar-refractivity contribution is 0.461. The maximum Gasteiger partial charge on any atom is 0.262 e. The smallest absolute Gasteiger partial charge is 0.262 e. The zero-order chi connectivity index (χ0) is 13.2. The lowest BCUT2D eigenvalue weighted by Crippen LogP contribution is -1.93. The number of halogens is 2. The topological polar surface area (TPSA) is 56.3 Å². The molecule has 0 atom stereocenters. The van der Waals surface area contributed by atoms with E-state index < -0.39 is 9.05 Å². The molecule has 0 fully saturated rings. The van der Waals surface area contributed by atoms with Crippen LogP contribution in [-0.4, -0.2) is 13.4 Å². The van der Waals surface area contributed by atoms with Gasteiger partial charge in [-0.3, -0.25) is 0 Å². The van der Waals surface area contributed by atoms with E-state index in [0.717, 1.165) is 10.7 Å². The zero-order valence-electron chi connectivity index (χ0n) is 8.88. The molecule has 1 aromatic carbocycles. The summed E-state index contributed by atoms with van der Waals surface area (Å²) in [5, 5.41) is 0. The second-order valence-electron chi connectivity index (χ2n) is 3.33. The van der Waals surface area contributed by atoms with Crippen LogP contribution in [0.15, 0.2) is 52.0 Å². The van der Waals surface area contributed by atoms with Crippen LogP contribution >= 0.6 is 26.6 Å². The summed E-state index contributed by atoms with van der Waals surface area (Å²) in [5.74, 6) is 0.885. The molecule has 1 aromatic heterocycles. The van der Waals surface area contributed by atoms with E-state index in [4.69, 9.17) is 15.4 Å². The molecule has 0 unspecified atom stereocenters. The van der Waals surface area contributed by atoms with Gasteiger partial charge in [-0.25, -0.2) is 13.4 Å². The quantitative estimate of drug-likeness (QED) is 0.796. The Kier molecular flexibility index (Phi) is 3.89. The van der Waals surface area contributed by atoms with E-state index in [1.54, 1.807) is 12.1 Å². The summed E-state index contributed by atoms with van der Waals surface area (Å²) in [6, 6.07) is 9.99. The standard InChI is InChI=1S/C11H7BrClNO3S/c12-8-2-1-3-9(6-8)17-11-5-4-10(7-14-11)18(13,15)16/h1-7H. The van der Waals surface area contributed by atoms with Gasteiger partial charge >= 0.3 is 0 Å². The van der Waals surface area contributed by atoms with Crippen molar-refractivity contribution in [2.45, 2.75) is 4.90 Å². The predicted molar refractivity (Wildman–Crippen MR) is 71.5 cm³/mol. The first-order chi connectivity index (χ1) is 8.45. The molecular formula is C11H7BrClNO3S. The molecule has 0 bridgehead atoms. The van der Waals surface area contributed by atoms with E-state index in [0.29, 0.717) is 5.75 Å². The van der Waals surface area contributed by atoms with Crippen molar-refractivity contribution in [2.75, 3.05) is 0 Å². The summed E-state index contributed by atoms with van der Waals surface area (Å²) in [4.78, 5) is 3.80. The molecule has 2 aromatic rings. The summed E-state index contributed by atoms with van der Waals surface area (Å²) >= 11 is 3.32. The van der Waals surface area contributed by atoms with Crippen LogP contribution < -0.4 is 4.74 Å². The van der Waals surface area contributed by atoms with E-state index in [1.165, 1.54) is 12.1 Å². The molecule has 0 radical (unpaired) electrons. The van der Waals surface area contributed by atoms with Gasteiger partial charge in [-0.1, -0.05) is 22.0 Å². The minimum atomic E-state index is -3.75. The second-order valence-corrected chi connectivity index (χ2v) is 6.81. The predicted octanol–water partition coefficient (Wildman–Crippen LogP) is 3.56. The fourth-order valence-electron chi connectivity index (χ4n) is 1.22. The minimum Gasteiger partial charge on any atom is -0.439 e. The van der Waals surface area contributed by atoms with Crippen molar-refractivity contribution >= 4 is 35.7 Å². The maximum atomic E-state index is 11.0. The van der Waals surface area contributed by atoms with E-state index in [-0.39, 0.29) is 10.8 Å². The summed E-state index contributed by atoms with van der Waals surface area (Å²) in [6.45, 7) is 0. The van der Waals surface area contributed by atoms with E-state index >= 15 is 0 Å².